The van der Waals surface area contributed by atoms with E-state index in [0.29, 0.717) is 42.9 Å². The quantitative estimate of drug-likeness (QED) is 0.0441. The van der Waals surface area contributed by atoms with Crippen molar-refractivity contribution in [1.82, 2.24) is 40.5 Å². The number of aromatic hydroxyl groups is 1. The zero-order chi connectivity index (χ0) is 52.2. The number of amides is 4. The Bertz CT molecular complexity index is 2660. The minimum absolute atomic E-state index is 0.0169. The van der Waals surface area contributed by atoms with Gasteiger partial charge in [0.05, 0.1) is 28.2 Å². The molecule has 16 nitrogen and oxygen atoms in total. The fraction of sp³-hybridized carbons (Fsp3) is 0.482. The molecule has 17 heteroatoms. The van der Waals surface area contributed by atoms with Gasteiger partial charge < -0.3 is 41.1 Å². The SMILES string of the molecule is Cc1ncsc1-c1ccc([C@H](C)NC(=O)[C@@H]2C[C@@H](O)CN2C(=O)[C@@H](NC(=O)CCCCCCCCC(=O)N2CCN(Cc3cccc(C(C)Oc4cc(-c5ccccc5O)nnc4N)c3)CC2)C(C)(C)C)cc1. The number of piperazine rings is 1. The smallest absolute Gasteiger partial charge is 0.246 e. The third kappa shape index (κ3) is 14.6. The van der Waals surface area contributed by atoms with Crippen LogP contribution in [0.15, 0.2) is 84.4 Å². The van der Waals surface area contributed by atoms with Crippen LogP contribution in [0.3, 0.4) is 0 Å². The summed E-state index contributed by atoms with van der Waals surface area (Å²) in [5.41, 5.74) is 13.4. The number of phenolic OH excluding ortho intramolecular Hbond substituents is 1. The van der Waals surface area contributed by atoms with E-state index in [-0.39, 0.29) is 66.7 Å². The Morgan fingerprint density at radius 2 is 1.55 bits per heavy atom. The number of carbonyl (C=O) groups excluding carboxylic acids is 4. The van der Waals surface area contributed by atoms with Gasteiger partial charge in [0.25, 0.3) is 0 Å². The summed E-state index contributed by atoms with van der Waals surface area (Å²) in [5, 5.41) is 35.2. The highest BCUT2D eigenvalue weighted by Gasteiger charge is 2.44. The third-order valence-corrected chi connectivity index (χ3v) is 14.9. The Balaban J connectivity index is 0.772. The highest BCUT2D eigenvalue weighted by atomic mass is 32.1. The van der Waals surface area contributed by atoms with Crippen LogP contribution in [0.5, 0.6) is 11.5 Å². The van der Waals surface area contributed by atoms with Gasteiger partial charge in [-0.3, -0.25) is 24.1 Å². The molecule has 5 atom stereocenters. The number of nitrogen functional groups attached to an aromatic ring is 1. The predicted octanol–water partition coefficient (Wildman–Crippen LogP) is 8.14. The van der Waals surface area contributed by atoms with Crippen LogP contribution in [-0.4, -0.2) is 115 Å². The zero-order valence-corrected chi connectivity index (χ0v) is 44.0. The van der Waals surface area contributed by atoms with E-state index in [1.807, 2.05) is 94.4 Å². The number of hydrogen-bond donors (Lipinski definition) is 5. The normalized spacial score (nSPS) is 17.5. The topological polar surface area (TPSA) is 216 Å². The van der Waals surface area contributed by atoms with E-state index in [1.165, 1.54) is 4.90 Å². The second-order valence-corrected chi connectivity index (χ2v) is 21.5. The van der Waals surface area contributed by atoms with E-state index < -0.39 is 23.6 Å². The highest BCUT2D eigenvalue weighted by molar-refractivity contribution is 7.13. The minimum atomic E-state index is -0.875. The van der Waals surface area contributed by atoms with Crippen LogP contribution >= 0.6 is 11.3 Å². The van der Waals surface area contributed by atoms with Gasteiger partial charge in [-0.1, -0.05) is 107 Å². The molecule has 2 saturated heterocycles. The molecule has 3 aromatic carbocycles. The van der Waals surface area contributed by atoms with Crippen molar-refractivity contribution in [3.05, 3.63) is 107 Å². The molecule has 4 amide bonds. The first-order chi connectivity index (χ1) is 34.9. The first-order valence-electron chi connectivity index (χ1n) is 25.7. The van der Waals surface area contributed by atoms with E-state index in [0.717, 1.165) is 84.6 Å². The van der Waals surface area contributed by atoms with Crippen LogP contribution in [0.25, 0.3) is 21.7 Å². The number of nitrogens with one attached hydrogen (secondary N) is 2. The fourth-order valence-corrected chi connectivity index (χ4v) is 10.4. The number of ether oxygens (including phenoxy) is 1. The Labute approximate surface area is 433 Å². The van der Waals surface area contributed by atoms with Gasteiger partial charge in [0, 0.05) is 70.2 Å². The maximum atomic E-state index is 14.1. The summed E-state index contributed by atoms with van der Waals surface area (Å²) in [7, 11) is 0. The van der Waals surface area contributed by atoms with Gasteiger partial charge >= 0.3 is 0 Å². The molecule has 2 fully saturated rings. The second kappa shape index (κ2) is 25.0. The van der Waals surface area contributed by atoms with Crippen LogP contribution in [-0.2, 0) is 25.7 Å². The number of carbonyl (C=O) groups is 4. The van der Waals surface area contributed by atoms with E-state index in [9.17, 15) is 29.4 Å². The number of anilines is 1. The largest absolute Gasteiger partial charge is 0.507 e. The Hall–Kier alpha value is -6.43. The molecule has 73 heavy (non-hydrogen) atoms. The molecule has 7 rings (SSSR count). The molecule has 0 saturated carbocycles. The minimum Gasteiger partial charge on any atom is -0.507 e. The number of likely N-dealkylation sites (tertiary alicyclic amines) is 1. The standard InChI is InChI=1S/C56H73N9O7S/c1-36(40-22-24-41(25-23-40)51-37(2)58-35-73-51)59-54(70)46-31-43(66)34-65(46)55(71)52(56(4,5)6)60-49(68)20-11-9-7-8-10-12-21-50(69)64-28-26-63(27-29-64)33-39-16-15-17-42(30-39)38(3)72-48-32-45(61-62-53(48)57)44-18-13-14-19-47(44)67/h13-19,22-25,30,32,35-36,38,43,46,52,66-67H,7-12,20-21,26-29,31,33-34H2,1-6H3,(H2,57,62)(H,59,70)(H,60,68)/t36-,38?,43+,46-,52+/m0/s1. The average Bonchev–Trinajstić information content (AvgIpc) is 3.99. The van der Waals surface area contributed by atoms with Crippen LogP contribution in [0.2, 0.25) is 0 Å². The van der Waals surface area contributed by atoms with Crippen molar-refractivity contribution in [1.29, 1.82) is 0 Å². The van der Waals surface area contributed by atoms with Gasteiger partial charge in [-0.15, -0.1) is 21.5 Å². The zero-order valence-electron chi connectivity index (χ0n) is 43.2. The lowest BCUT2D eigenvalue weighted by atomic mass is 9.85. The van der Waals surface area contributed by atoms with Crippen molar-refractivity contribution in [2.45, 2.75) is 136 Å². The second-order valence-electron chi connectivity index (χ2n) is 20.7. The highest BCUT2D eigenvalue weighted by Crippen LogP contribution is 2.34. The molecular formula is C56H73N9O7S. The number of aromatic nitrogens is 3. The maximum absolute atomic E-state index is 14.1. The van der Waals surface area contributed by atoms with Crippen LogP contribution in [0.1, 0.15) is 127 Å². The maximum Gasteiger partial charge on any atom is 0.246 e. The summed E-state index contributed by atoms with van der Waals surface area (Å²) in [5.74, 6) is -0.0932. The third-order valence-electron chi connectivity index (χ3n) is 13.9. The summed E-state index contributed by atoms with van der Waals surface area (Å²) in [4.78, 5) is 65.4. The molecular weight excluding hydrogens is 943 g/mol. The average molecular weight is 1020 g/mol. The van der Waals surface area contributed by atoms with Crippen molar-refractivity contribution >= 4 is 40.8 Å². The lowest BCUT2D eigenvalue weighted by Crippen LogP contribution is -2.57. The van der Waals surface area contributed by atoms with Crippen molar-refractivity contribution < 1.29 is 34.1 Å². The first-order valence-corrected chi connectivity index (χ1v) is 26.6. The van der Waals surface area contributed by atoms with Crippen LogP contribution < -0.4 is 21.1 Å². The number of aliphatic hydroxyl groups is 1. The van der Waals surface area contributed by atoms with Crippen molar-refractivity contribution in [2.24, 2.45) is 5.41 Å². The number of β-amino-alcohol motifs (C(OH)–C–C–N with tert-alkyl or cyclic N) is 1. The van der Waals surface area contributed by atoms with Gasteiger partial charge in [-0.05, 0) is 73.4 Å². The number of aryl methyl sites for hydroxylation is 1. The first kappa shape index (κ1) is 54.3. The number of aliphatic hydroxyl groups excluding tert-OH is 1. The summed E-state index contributed by atoms with van der Waals surface area (Å²) < 4.78 is 6.26. The summed E-state index contributed by atoms with van der Waals surface area (Å²) >= 11 is 1.58. The number of hydrogen-bond acceptors (Lipinski definition) is 13. The molecule has 0 radical (unpaired) electrons. The molecule has 6 N–H and O–H groups in total. The Kier molecular flexibility index (Phi) is 18.6. The number of thiazole rings is 1. The fourth-order valence-electron chi connectivity index (χ4n) is 9.59. The summed E-state index contributed by atoms with van der Waals surface area (Å²) in [6, 6.07) is 22.8. The lowest BCUT2D eigenvalue weighted by Gasteiger charge is -2.35. The molecule has 390 valence electrons. The van der Waals surface area contributed by atoms with Gasteiger partial charge in [-0.25, -0.2) is 4.98 Å². The predicted molar refractivity (Wildman–Crippen MR) is 284 cm³/mol. The number of phenols is 1. The van der Waals surface area contributed by atoms with E-state index in [2.05, 4.69) is 42.8 Å². The Morgan fingerprint density at radius 3 is 2.23 bits per heavy atom. The van der Waals surface area contributed by atoms with E-state index in [1.54, 1.807) is 35.6 Å². The van der Waals surface area contributed by atoms with Gasteiger partial charge in [0.1, 0.15) is 29.6 Å². The molecule has 2 aliphatic heterocycles. The van der Waals surface area contributed by atoms with Gasteiger partial charge in [0.15, 0.2) is 11.6 Å². The molecule has 4 heterocycles. The molecule has 5 aromatic rings. The number of unbranched alkanes of at least 4 members (excludes halogenated alkanes) is 5. The molecule has 2 aromatic heterocycles. The van der Waals surface area contributed by atoms with E-state index >= 15 is 0 Å². The molecule has 2 aliphatic rings. The number of nitrogens with zero attached hydrogens (tertiary/aromatic N) is 6. The monoisotopic (exact) mass is 1020 g/mol. The number of nitrogens with two attached hydrogens (primary N) is 1. The molecule has 0 aliphatic carbocycles. The molecule has 1 unspecified atom stereocenters. The number of benzene rings is 3. The molecule has 0 spiro atoms. The number of para-hydroxylation sites is 1. The van der Waals surface area contributed by atoms with Crippen LogP contribution in [0.4, 0.5) is 5.82 Å². The van der Waals surface area contributed by atoms with Gasteiger partial charge in [0.2, 0.25) is 23.6 Å². The molecule has 0 bridgehead atoms. The van der Waals surface area contributed by atoms with Crippen LogP contribution in [0, 0.1) is 12.3 Å². The number of rotatable bonds is 21. The summed E-state index contributed by atoms with van der Waals surface area (Å²) in [6.07, 6.45) is 4.95. The van der Waals surface area contributed by atoms with E-state index in [4.69, 9.17) is 10.5 Å². The summed E-state index contributed by atoms with van der Waals surface area (Å²) in [6.45, 7) is 15.2. The van der Waals surface area contributed by atoms with Crippen molar-refractivity contribution in [3.63, 3.8) is 0 Å². The van der Waals surface area contributed by atoms with Crippen molar-refractivity contribution in [2.75, 3.05) is 38.5 Å². The van der Waals surface area contributed by atoms with Crippen molar-refractivity contribution in [3.8, 4) is 33.2 Å². The van der Waals surface area contributed by atoms with Gasteiger partial charge in [-0.2, -0.15) is 0 Å². The Morgan fingerprint density at radius 1 is 0.849 bits per heavy atom. The lowest BCUT2D eigenvalue weighted by molar-refractivity contribution is -0.144.